The highest BCUT2D eigenvalue weighted by Crippen LogP contribution is 2.26. The quantitative estimate of drug-likeness (QED) is 0.937. The van der Waals surface area contributed by atoms with Gasteiger partial charge in [-0.05, 0) is 38.2 Å². The van der Waals surface area contributed by atoms with Gasteiger partial charge >= 0.3 is 6.36 Å². The third-order valence-electron chi connectivity index (χ3n) is 2.58. The van der Waals surface area contributed by atoms with Crippen LogP contribution in [0, 0.1) is 0 Å². The molecule has 0 spiro atoms. The molecule has 0 saturated heterocycles. The van der Waals surface area contributed by atoms with Crippen LogP contribution in [0.4, 0.5) is 13.2 Å². The van der Waals surface area contributed by atoms with Gasteiger partial charge in [0, 0.05) is 5.56 Å². The lowest BCUT2D eigenvalue weighted by molar-refractivity contribution is -0.274. The van der Waals surface area contributed by atoms with Gasteiger partial charge in [-0.3, -0.25) is 0 Å². The lowest BCUT2D eigenvalue weighted by Crippen LogP contribution is -2.16. The van der Waals surface area contributed by atoms with E-state index in [0.29, 0.717) is 11.5 Å². The van der Waals surface area contributed by atoms with Crippen LogP contribution in [-0.2, 0) is 0 Å². The van der Waals surface area contributed by atoms with E-state index in [4.69, 9.17) is 4.42 Å². The predicted molar refractivity (Wildman–Crippen MR) is 63.9 cm³/mol. The maximum absolute atomic E-state index is 12.0. The molecule has 0 radical (unpaired) electrons. The van der Waals surface area contributed by atoms with Crippen molar-refractivity contribution in [1.29, 1.82) is 0 Å². The number of hydrogen-bond acceptors (Lipinski definition) is 5. The molecule has 2 rings (SSSR count). The van der Waals surface area contributed by atoms with Crippen LogP contribution in [0.5, 0.6) is 5.75 Å². The van der Waals surface area contributed by atoms with Gasteiger partial charge in [0.25, 0.3) is 0 Å². The normalized spacial score (nSPS) is 13.2. The van der Waals surface area contributed by atoms with Crippen molar-refractivity contribution in [3.8, 4) is 17.2 Å². The lowest BCUT2D eigenvalue weighted by Gasteiger charge is -2.08. The zero-order chi connectivity index (χ0) is 14.8. The number of benzene rings is 1. The summed E-state index contributed by atoms with van der Waals surface area (Å²) >= 11 is 0. The highest BCUT2D eigenvalue weighted by molar-refractivity contribution is 5.54. The molecule has 1 heterocycles. The third-order valence-corrected chi connectivity index (χ3v) is 2.58. The van der Waals surface area contributed by atoms with Crippen molar-refractivity contribution in [1.82, 2.24) is 15.5 Å². The molecule has 8 heteroatoms. The van der Waals surface area contributed by atoms with Crippen molar-refractivity contribution in [3.63, 3.8) is 0 Å². The Balaban J connectivity index is 2.15. The summed E-state index contributed by atoms with van der Waals surface area (Å²) in [6, 6.07) is 5.11. The summed E-state index contributed by atoms with van der Waals surface area (Å²) in [5, 5.41) is 10.6. The highest BCUT2D eigenvalue weighted by atomic mass is 19.4. The minimum atomic E-state index is -4.71. The fourth-order valence-corrected chi connectivity index (χ4v) is 1.45. The van der Waals surface area contributed by atoms with Crippen molar-refractivity contribution in [2.75, 3.05) is 7.05 Å². The van der Waals surface area contributed by atoms with E-state index in [-0.39, 0.29) is 17.7 Å². The summed E-state index contributed by atoms with van der Waals surface area (Å²) in [7, 11) is 1.75. The Morgan fingerprint density at radius 3 is 2.40 bits per heavy atom. The average Bonchev–Trinajstić information content (AvgIpc) is 2.86. The lowest BCUT2D eigenvalue weighted by atomic mass is 10.2. The van der Waals surface area contributed by atoms with Crippen LogP contribution < -0.4 is 10.1 Å². The predicted octanol–water partition coefficient (Wildman–Crippen LogP) is 2.92. The van der Waals surface area contributed by atoms with Gasteiger partial charge in [-0.1, -0.05) is 0 Å². The molecule has 1 aromatic carbocycles. The van der Waals surface area contributed by atoms with E-state index >= 15 is 0 Å². The minimum Gasteiger partial charge on any atom is -0.419 e. The minimum absolute atomic E-state index is 0.107. The van der Waals surface area contributed by atoms with Gasteiger partial charge in [-0.2, -0.15) is 0 Å². The zero-order valence-corrected chi connectivity index (χ0v) is 10.7. The highest BCUT2D eigenvalue weighted by Gasteiger charge is 2.31. The summed E-state index contributed by atoms with van der Waals surface area (Å²) in [4.78, 5) is 0. The van der Waals surface area contributed by atoms with Crippen LogP contribution in [0.2, 0.25) is 0 Å². The standard InChI is InChI=1S/C12H12F3N3O2/c1-7(16-2)10-17-18-11(19-10)8-3-5-9(6-4-8)20-12(13,14)15/h3-7,16H,1-2H3. The maximum atomic E-state index is 12.0. The van der Waals surface area contributed by atoms with E-state index in [1.165, 1.54) is 24.3 Å². The molecule has 108 valence electrons. The van der Waals surface area contributed by atoms with Crippen LogP contribution in [0.1, 0.15) is 18.9 Å². The van der Waals surface area contributed by atoms with E-state index in [1.54, 1.807) is 7.05 Å². The second-order valence-electron chi connectivity index (χ2n) is 4.03. The first-order valence-electron chi connectivity index (χ1n) is 5.76. The molecule has 0 aliphatic carbocycles. The number of alkyl halides is 3. The molecule has 2 aromatic rings. The molecular formula is C12H12F3N3O2. The second-order valence-corrected chi connectivity index (χ2v) is 4.03. The van der Waals surface area contributed by atoms with Crippen molar-refractivity contribution >= 4 is 0 Å². The number of ether oxygens (including phenoxy) is 1. The van der Waals surface area contributed by atoms with E-state index in [0.717, 1.165) is 0 Å². The maximum Gasteiger partial charge on any atom is 0.573 e. The van der Waals surface area contributed by atoms with Gasteiger partial charge in [0.05, 0.1) is 6.04 Å². The van der Waals surface area contributed by atoms with Crippen LogP contribution in [0.15, 0.2) is 28.7 Å². The van der Waals surface area contributed by atoms with Gasteiger partial charge in [-0.15, -0.1) is 23.4 Å². The Morgan fingerprint density at radius 2 is 1.85 bits per heavy atom. The van der Waals surface area contributed by atoms with Crippen molar-refractivity contribution in [2.24, 2.45) is 0 Å². The number of hydrogen-bond donors (Lipinski definition) is 1. The third kappa shape index (κ3) is 3.47. The summed E-state index contributed by atoms with van der Waals surface area (Å²) in [6.07, 6.45) is -4.71. The molecule has 20 heavy (non-hydrogen) atoms. The molecule has 0 aliphatic heterocycles. The van der Waals surface area contributed by atoms with Crippen LogP contribution in [0.25, 0.3) is 11.5 Å². The Morgan fingerprint density at radius 1 is 1.20 bits per heavy atom. The Hall–Kier alpha value is -2.09. The summed E-state index contributed by atoms with van der Waals surface area (Å²) < 4.78 is 45.3. The topological polar surface area (TPSA) is 60.2 Å². The van der Waals surface area contributed by atoms with Gasteiger partial charge in [0.2, 0.25) is 11.8 Å². The zero-order valence-electron chi connectivity index (χ0n) is 10.7. The first-order chi connectivity index (χ1) is 9.39. The second kappa shape index (κ2) is 5.49. The molecule has 5 nitrogen and oxygen atoms in total. The van der Waals surface area contributed by atoms with Gasteiger partial charge < -0.3 is 14.5 Å². The van der Waals surface area contributed by atoms with Crippen molar-refractivity contribution < 1.29 is 22.3 Å². The molecule has 1 unspecified atom stereocenters. The average molecular weight is 287 g/mol. The van der Waals surface area contributed by atoms with E-state index in [1.807, 2.05) is 6.92 Å². The van der Waals surface area contributed by atoms with Crippen molar-refractivity contribution in [3.05, 3.63) is 30.2 Å². The number of rotatable bonds is 4. The molecular weight excluding hydrogens is 275 g/mol. The smallest absolute Gasteiger partial charge is 0.419 e. The van der Waals surface area contributed by atoms with Gasteiger partial charge in [0.15, 0.2) is 0 Å². The van der Waals surface area contributed by atoms with Crippen LogP contribution in [-0.4, -0.2) is 23.6 Å². The molecule has 0 bridgehead atoms. The number of nitrogens with one attached hydrogen (secondary N) is 1. The van der Waals surface area contributed by atoms with E-state index < -0.39 is 6.36 Å². The van der Waals surface area contributed by atoms with Gasteiger partial charge in [0.1, 0.15) is 5.75 Å². The summed E-state index contributed by atoms with van der Waals surface area (Å²) in [6.45, 7) is 1.84. The first-order valence-corrected chi connectivity index (χ1v) is 5.76. The first kappa shape index (κ1) is 14.3. The molecule has 1 atom stereocenters. The Bertz CT molecular complexity index is 566. The summed E-state index contributed by atoms with van der Waals surface area (Å²) in [5.74, 6) is 0.336. The fourth-order valence-electron chi connectivity index (χ4n) is 1.45. The van der Waals surface area contributed by atoms with Crippen LogP contribution in [0.3, 0.4) is 0 Å². The van der Waals surface area contributed by atoms with E-state index in [2.05, 4.69) is 20.3 Å². The molecule has 0 fully saturated rings. The SMILES string of the molecule is CNC(C)c1nnc(-c2ccc(OC(F)(F)F)cc2)o1. The fraction of sp³-hybridized carbons (Fsp3) is 0.333. The summed E-state index contributed by atoms with van der Waals surface area (Å²) in [5.41, 5.74) is 0.515. The Labute approximate surface area is 112 Å². The van der Waals surface area contributed by atoms with Crippen LogP contribution >= 0.6 is 0 Å². The Kier molecular flexibility index (Phi) is 3.93. The molecule has 1 N–H and O–H groups in total. The van der Waals surface area contributed by atoms with E-state index in [9.17, 15) is 13.2 Å². The number of halogens is 3. The molecule has 0 saturated carbocycles. The number of nitrogens with zero attached hydrogens (tertiary/aromatic N) is 2. The van der Waals surface area contributed by atoms with Gasteiger partial charge in [-0.25, -0.2) is 0 Å². The molecule has 1 aromatic heterocycles. The number of aromatic nitrogens is 2. The van der Waals surface area contributed by atoms with Crippen molar-refractivity contribution in [2.45, 2.75) is 19.3 Å². The molecule has 0 aliphatic rings. The largest absolute Gasteiger partial charge is 0.573 e. The molecule has 0 amide bonds. The monoisotopic (exact) mass is 287 g/mol.